The first kappa shape index (κ1) is 12.7. The van der Waals surface area contributed by atoms with Gasteiger partial charge in [-0.25, -0.2) is 21.9 Å². The van der Waals surface area contributed by atoms with Crippen LogP contribution in [0.15, 0.2) is 35.5 Å². The number of hydrogen-bond donors (Lipinski definition) is 2. The molecule has 0 spiro atoms. The molecule has 0 unspecified atom stereocenters. The lowest BCUT2D eigenvalue weighted by molar-refractivity contribution is 0.545. The highest BCUT2D eigenvalue weighted by molar-refractivity contribution is 7.89. The molecule has 0 fully saturated rings. The van der Waals surface area contributed by atoms with Crippen molar-refractivity contribution in [2.24, 2.45) is 0 Å². The zero-order valence-electron chi connectivity index (χ0n) is 9.02. The van der Waals surface area contributed by atoms with Crippen molar-refractivity contribution in [2.45, 2.75) is 11.4 Å². The van der Waals surface area contributed by atoms with E-state index in [4.69, 9.17) is 0 Å². The minimum atomic E-state index is -4.10. The summed E-state index contributed by atoms with van der Waals surface area (Å²) in [4.78, 5) is -0.717. The topological polar surface area (TPSA) is 74.8 Å². The number of sulfonamides is 1. The van der Waals surface area contributed by atoms with Crippen molar-refractivity contribution in [3.05, 3.63) is 47.8 Å². The van der Waals surface area contributed by atoms with E-state index in [1.54, 1.807) is 0 Å². The molecule has 0 saturated heterocycles. The third kappa shape index (κ3) is 2.71. The molecule has 18 heavy (non-hydrogen) atoms. The van der Waals surface area contributed by atoms with Crippen LogP contribution in [-0.2, 0) is 16.6 Å². The van der Waals surface area contributed by atoms with Gasteiger partial charge in [-0.15, -0.1) is 0 Å². The highest BCUT2D eigenvalue weighted by Crippen LogP contribution is 2.15. The molecule has 0 radical (unpaired) electrons. The van der Waals surface area contributed by atoms with Crippen molar-refractivity contribution in [3.8, 4) is 0 Å². The molecule has 0 amide bonds. The Morgan fingerprint density at radius 3 is 2.78 bits per heavy atom. The maximum atomic E-state index is 13.3. The maximum absolute atomic E-state index is 13.3. The summed E-state index contributed by atoms with van der Waals surface area (Å²) in [6.45, 7) is -0.0607. The highest BCUT2D eigenvalue weighted by Gasteiger charge is 2.19. The van der Waals surface area contributed by atoms with Crippen molar-refractivity contribution in [1.29, 1.82) is 0 Å². The van der Waals surface area contributed by atoms with Gasteiger partial charge in [0, 0.05) is 18.3 Å². The summed E-state index contributed by atoms with van der Waals surface area (Å²) in [5.41, 5.74) is 0.579. The van der Waals surface area contributed by atoms with E-state index >= 15 is 0 Å². The first-order valence-electron chi connectivity index (χ1n) is 4.91. The summed E-state index contributed by atoms with van der Waals surface area (Å²) < 4.78 is 51.9. The van der Waals surface area contributed by atoms with Gasteiger partial charge in [0.25, 0.3) is 0 Å². The quantitative estimate of drug-likeness (QED) is 0.878. The number of benzene rings is 1. The lowest BCUT2D eigenvalue weighted by atomic mass is 10.3. The van der Waals surface area contributed by atoms with Crippen LogP contribution >= 0.6 is 0 Å². The Labute approximate surface area is 102 Å². The predicted molar refractivity (Wildman–Crippen MR) is 59.0 cm³/mol. The number of aromatic amines is 1. The van der Waals surface area contributed by atoms with Crippen LogP contribution in [0, 0.1) is 11.6 Å². The SMILES string of the molecule is O=S(=O)(NCc1cn[nH]c1)c1cc(F)ccc1F. The predicted octanol–water partition coefficient (Wildman–Crippen LogP) is 1.17. The second-order valence-corrected chi connectivity index (χ2v) is 5.24. The number of rotatable bonds is 4. The molecule has 2 N–H and O–H groups in total. The fourth-order valence-corrected chi connectivity index (χ4v) is 2.42. The van der Waals surface area contributed by atoms with Crippen LogP contribution in [0.1, 0.15) is 5.56 Å². The van der Waals surface area contributed by atoms with Gasteiger partial charge in [0.05, 0.1) is 6.20 Å². The van der Waals surface area contributed by atoms with E-state index in [1.165, 1.54) is 12.4 Å². The third-order valence-electron chi connectivity index (χ3n) is 2.20. The molecule has 8 heteroatoms. The van der Waals surface area contributed by atoms with Crippen molar-refractivity contribution < 1.29 is 17.2 Å². The summed E-state index contributed by atoms with van der Waals surface area (Å²) in [5, 5.41) is 6.14. The molecule has 2 rings (SSSR count). The van der Waals surface area contributed by atoms with Crippen LogP contribution in [0.2, 0.25) is 0 Å². The normalized spacial score (nSPS) is 11.7. The molecule has 0 atom stereocenters. The van der Waals surface area contributed by atoms with Crippen molar-refractivity contribution in [2.75, 3.05) is 0 Å². The maximum Gasteiger partial charge on any atom is 0.243 e. The Balaban J connectivity index is 2.22. The average molecular weight is 273 g/mol. The minimum absolute atomic E-state index is 0.0607. The van der Waals surface area contributed by atoms with E-state index < -0.39 is 26.6 Å². The van der Waals surface area contributed by atoms with Gasteiger partial charge in [-0.3, -0.25) is 5.10 Å². The Bertz CT molecular complexity index is 641. The van der Waals surface area contributed by atoms with Gasteiger partial charge in [-0.05, 0) is 18.2 Å². The molecule has 5 nitrogen and oxygen atoms in total. The molecule has 0 saturated carbocycles. The summed E-state index contributed by atoms with van der Waals surface area (Å²) in [5.74, 6) is -1.82. The van der Waals surface area contributed by atoms with Crippen LogP contribution in [0.4, 0.5) is 8.78 Å². The smallest absolute Gasteiger partial charge is 0.243 e. The number of nitrogens with one attached hydrogen (secondary N) is 2. The van der Waals surface area contributed by atoms with Gasteiger partial charge in [0.1, 0.15) is 16.5 Å². The summed E-state index contributed by atoms with van der Waals surface area (Å²) in [7, 11) is -4.10. The van der Waals surface area contributed by atoms with E-state index in [0.29, 0.717) is 11.6 Å². The molecule has 1 aromatic heterocycles. The lowest BCUT2D eigenvalue weighted by Crippen LogP contribution is -2.24. The van der Waals surface area contributed by atoms with Crippen molar-refractivity contribution in [1.82, 2.24) is 14.9 Å². The molecular formula is C10H9F2N3O2S. The summed E-state index contributed by atoms with van der Waals surface area (Å²) in [6, 6.07) is 2.25. The van der Waals surface area contributed by atoms with E-state index in [1.807, 2.05) is 0 Å². The molecule has 1 heterocycles. The van der Waals surface area contributed by atoms with Gasteiger partial charge >= 0.3 is 0 Å². The molecule has 96 valence electrons. The van der Waals surface area contributed by atoms with Crippen molar-refractivity contribution >= 4 is 10.0 Å². The van der Waals surface area contributed by atoms with Gasteiger partial charge in [0.15, 0.2) is 0 Å². The van der Waals surface area contributed by atoms with Crippen LogP contribution in [0.25, 0.3) is 0 Å². The summed E-state index contributed by atoms with van der Waals surface area (Å²) in [6.07, 6.45) is 2.91. The Morgan fingerprint density at radius 2 is 2.11 bits per heavy atom. The second-order valence-electron chi connectivity index (χ2n) is 3.51. The van der Waals surface area contributed by atoms with Crippen LogP contribution in [0.5, 0.6) is 0 Å². The number of H-pyrrole nitrogens is 1. The molecule has 0 aliphatic carbocycles. The molecule has 0 aliphatic heterocycles. The molecule has 0 bridgehead atoms. The standard InChI is InChI=1S/C10H9F2N3O2S/c11-8-1-2-9(12)10(3-8)18(16,17)15-6-7-4-13-14-5-7/h1-5,15H,6H2,(H,13,14). The van der Waals surface area contributed by atoms with E-state index in [-0.39, 0.29) is 6.54 Å². The average Bonchev–Trinajstić information content (AvgIpc) is 2.83. The molecule has 2 aromatic rings. The number of aromatic nitrogens is 2. The van der Waals surface area contributed by atoms with Crippen LogP contribution in [-0.4, -0.2) is 18.6 Å². The zero-order valence-corrected chi connectivity index (χ0v) is 9.84. The first-order chi connectivity index (χ1) is 8.49. The fraction of sp³-hybridized carbons (Fsp3) is 0.100. The Morgan fingerprint density at radius 1 is 1.33 bits per heavy atom. The lowest BCUT2D eigenvalue weighted by Gasteiger charge is -2.06. The van der Waals surface area contributed by atoms with Gasteiger partial charge < -0.3 is 0 Å². The molecule has 1 aromatic carbocycles. The van der Waals surface area contributed by atoms with E-state index in [2.05, 4.69) is 14.9 Å². The molecule has 0 aliphatic rings. The fourth-order valence-electron chi connectivity index (χ4n) is 1.31. The molecular weight excluding hydrogens is 264 g/mol. The Hall–Kier alpha value is -1.80. The largest absolute Gasteiger partial charge is 0.285 e. The first-order valence-corrected chi connectivity index (χ1v) is 6.40. The third-order valence-corrected chi connectivity index (χ3v) is 3.62. The van der Waals surface area contributed by atoms with E-state index in [9.17, 15) is 17.2 Å². The van der Waals surface area contributed by atoms with Gasteiger partial charge in [-0.1, -0.05) is 0 Å². The van der Waals surface area contributed by atoms with Gasteiger partial charge in [0.2, 0.25) is 10.0 Å². The highest BCUT2D eigenvalue weighted by atomic mass is 32.2. The van der Waals surface area contributed by atoms with Crippen LogP contribution < -0.4 is 4.72 Å². The monoisotopic (exact) mass is 273 g/mol. The number of hydrogen-bond acceptors (Lipinski definition) is 3. The number of halogens is 2. The Kier molecular flexibility index (Phi) is 3.39. The van der Waals surface area contributed by atoms with Crippen molar-refractivity contribution in [3.63, 3.8) is 0 Å². The number of nitrogens with zero attached hydrogens (tertiary/aromatic N) is 1. The minimum Gasteiger partial charge on any atom is -0.285 e. The summed E-state index contributed by atoms with van der Waals surface area (Å²) >= 11 is 0. The van der Waals surface area contributed by atoms with Crippen LogP contribution in [0.3, 0.4) is 0 Å². The van der Waals surface area contributed by atoms with E-state index in [0.717, 1.165) is 12.1 Å². The second kappa shape index (κ2) is 4.83. The van der Waals surface area contributed by atoms with Gasteiger partial charge in [-0.2, -0.15) is 5.10 Å². The zero-order chi connectivity index (χ0) is 13.2.